The molecule has 2 atom stereocenters. The van der Waals surface area contributed by atoms with E-state index in [1.165, 1.54) is 0 Å². The first-order valence-electron chi connectivity index (χ1n) is 10.2. The van der Waals surface area contributed by atoms with Gasteiger partial charge >= 0.3 is 0 Å². The molecular formula is C25H22N2O3. The van der Waals surface area contributed by atoms with E-state index in [9.17, 15) is 9.59 Å². The van der Waals surface area contributed by atoms with Crippen molar-refractivity contribution < 1.29 is 14.3 Å². The molecule has 2 aliphatic rings. The molecule has 30 heavy (non-hydrogen) atoms. The predicted molar refractivity (Wildman–Crippen MR) is 114 cm³/mol. The van der Waals surface area contributed by atoms with E-state index in [0.29, 0.717) is 30.8 Å². The van der Waals surface area contributed by atoms with E-state index in [4.69, 9.17) is 4.74 Å². The van der Waals surface area contributed by atoms with Crippen LogP contribution in [-0.2, 0) is 11.3 Å². The van der Waals surface area contributed by atoms with Crippen molar-refractivity contribution in [3.05, 3.63) is 96.1 Å². The number of nitrogens with zero attached hydrogens (tertiary/aromatic N) is 2. The quantitative estimate of drug-likeness (QED) is 0.672. The van der Waals surface area contributed by atoms with Gasteiger partial charge in [-0.3, -0.25) is 9.59 Å². The number of amides is 2. The van der Waals surface area contributed by atoms with Crippen LogP contribution >= 0.6 is 0 Å². The van der Waals surface area contributed by atoms with Crippen LogP contribution in [0.2, 0.25) is 0 Å². The van der Waals surface area contributed by atoms with Crippen molar-refractivity contribution in [3.63, 3.8) is 0 Å². The van der Waals surface area contributed by atoms with Gasteiger partial charge in [-0.15, -0.1) is 0 Å². The normalized spacial score (nSPS) is 20.2. The van der Waals surface area contributed by atoms with Crippen LogP contribution in [0.1, 0.15) is 22.3 Å². The maximum Gasteiger partial charge on any atom is 0.254 e. The highest BCUT2D eigenvalue weighted by Gasteiger charge is 2.45. The van der Waals surface area contributed by atoms with Crippen LogP contribution in [0.25, 0.3) is 0 Å². The summed E-state index contributed by atoms with van der Waals surface area (Å²) in [4.78, 5) is 30.4. The summed E-state index contributed by atoms with van der Waals surface area (Å²) in [5, 5.41) is 0. The Morgan fingerprint density at radius 3 is 2.33 bits per heavy atom. The number of benzene rings is 3. The standard InChI is InChI=1S/C25H22N2O3/c28-24(19-11-5-2-6-12-19)27-17-20-15-22(27)25(29)26(16-18-9-3-1-4-10-18)21-13-7-8-14-23(21)30-20/h1-14,20,22H,15-17H2. The maximum atomic E-state index is 13.7. The summed E-state index contributed by atoms with van der Waals surface area (Å²) in [5.41, 5.74) is 2.36. The van der Waals surface area contributed by atoms with Gasteiger partial charge in [-0.25, -0.2) is 0 Å². The summed E-state index contributed by atoms with van der Waals surface area (Å²) in [7, 11) is 0. The Balaban J connectivity index is 1.53. The van der Waals surface area contributed by atoms with Gasteiger partial charge in [-0.05, 0) is 29.8 Å². The molecule has 2 aliphatic heterocycles. The van der Waals surface area contributed by atoms with Gasteiger partial charge in [-0.2, -0.15) is 0 Å². The Labute approximate surface area is 175 Å². The number of carbonyl (C=O) groups excluding carboxylic acids is 2. The first-order valence-corrected chi connectivity index (χ1v) is 10.2. The Morgan fingerprint density at radius 1 is 0.900 bits per heavy atom. The number of anilines is 1. The third kappa shape index (κ3) is 3.32. The van der Waals surface area contributed by atoms with E-state index >= 15 is 0 Å². The summed E-state index contributed by atoms with van der Waals surface area (Å²) < 4.78 is 6.27. The molecule has 0 aliphatic carbocycles. The molecule has 0 radical (unpaired) electrons. The fourth-order valence-electron chi connectivity index (χ4n) is 4.27. The van der Waals surface area contributed by atoms with E-state index in [-0.39, 0.29) is 17.9 Å². The van der Waals surface area contributed by atoms with E-state index in [2.05, 4.69) is 0 Å². The van der Waals surface area contributed by atoms with Gasteiger partial charge in [0.15, 0.2) is 0 Å². The van der Waals surface area contributed by atoms with E-state index in [0.717, 1.165) is 11.3 Å². The van der Waals surface area contributed by atoms with Crippen molar-refractivity contribution in [1.82, 2.24) is 4.90 Å². The zero-order chi connectivity index (χ0) is 20.5. The van der Waals surface area contributed by atoms with E-state index < -0.39 is 6.04 Å². The fraction of sp³-hybridized carbons (Fsp3) is 0.200. The fourth-order valence-corrected chi connectivity index (χ4v) is 4.27. The Morgan fingerprint density at radius 2 is 1.57 bits per heavy atom. The van der Waals surface area contributed by atoms with Crippen LogP contribution in [0.15, 0.2) is 84.9 Å². The highest BCUT2D eigenvalue weighted by atomic mass is 16.5. The molecule has 0 spiro atoms. The molecule has 1 saturated heterocycles. The van der Waals surface area contributed by atoms with Crippen LogP contribution in [0.3, 0.4) is 0 Å². The SMILES string of the molecule is O=C1C2CC(CN2C(=O)c2ccccc2)Oc2ccccc2N1Cc1ccccc1. The largest absolute Gasteiger partial charge is 0.486 e. The van der Waals surface area contributed by atoms with Crippen LogP contribution < -0.4 is 9.64 Å². The zero-order valence-corrected chi connectivity index (χ0v) is 16.5. The summed E-state index contributed by atoms with van der Waals surface area (Å²) in [6, 6.07) is 26.1. The molecule has 150 valence electrons. The zero-order valence-electron chi connectivity index (χ0n) is 16.5. The van der Waals surface area contributed by atoms with Gasteiger partial charge in [0.05, 0.1) is 18.8 Å². The number of likely N-dealkylation sites (tertiary alicyclic amines) is 1. The van der Waals surface area contributed by atoms with Gasteiger partial charge in [0.1, 0.15) is 17.9 Å². The molecular weight excluding hydrogens is 376 g/mol. The number of fused-ring (bicyclic) bond motifs is 3. The third-order valence-electron chi connectivity index (χ3n) is 5.73. The predicted octanol–water partition coefficient (Wildman–Crippen LogP) is 3.90. The minimum atomic E-state index is -0.542. The summed E-state index contributed by atoms with van der Waals surface area (Å²) in [6.07, 6.45) is 0.295. The highest BCUT2D eigenvalue weighted by Crippen LogP contribution is 2.37. The molecule has 2 unspecified atom stereocenters. The maximum absolute atomic E-state index is 13.7. The molecule has 3 aromatic rings. The molecule has 3 aromatic carbocycles. The second-order valence-corrected chi connectivity index (χ2v) is 7.69. The molecule has 1 fully saturated rings. The molecule has 5 rings (SSSR count). The lowest BCUT2D eigenvalue weighted by Crippen LogP contribution is -2.47. The van der Waals surface area contributed by atoms with Gasteiger partial charge in [0.2, 0.25) is 5.91 Å². The number of ether oxygens (including phenoxy) is 1. The first-order chi connectivity index (χ1) is 14.7. The number of rotatable bonds is 3. The highest BCUT2D eigenvalue weighted by molar-refractivity contribution is 6.03. The lowest BCUT2D eigenvalue weighted by atomic mass is 10.1. The molecule has 5 nitrogen and oxygen atoms in total. The van der Waals surface area contributed by atoms with Crippen molar-refractivity contribution in [2.45, 2.75) is 25.1 Å². The average molecular weight is 398 g/mol. The molecule has 5 heteroatoms. The van der Waals surface area contributed by atoms with Crippen molar-refractivity contribution in [2.75, 3.05) is 11.4 Å². The molecule has 0 saturated carbocycles. The van der Waals surface area contributed by atoms with Crippen molar-refractivity contribution >= 4 is 17.5 Å². The Hall–Kier alpha value is -3.60. The van der Waals surface area contributed by atoms with E-state index in [1.54, 1.807) is 21.9 Å². The van der Waals surface area contributed by atoms with E-state index in [1.807, 2.05) is 72.8 Å². The number of hydrogen-bond acceptors (Lipinski definition) is 3. The van der Waals surface area contributed by atoms with Crippen molar-refractivity contribution in [1.29, 1.82) is 0 Å². The molecule has 2 amide bonds. The summed E-state index contributed by atoms with van der Waals surface area (Å²) in [5.74, 6) is 0.478. The second kappa shape index (κ2) is 7.67. The molecule has 0 aromatic heterocycles. The molecule has 2 heterocycles. The number of para-hydroxylation sites is 2. The van der Waals surface area contributed by atoms with Gasteiger partial charge < -0.3 is 14.5 Å². The minimum Gasteiger partial charge on any atom is -0.486 e. The smallest absolute Gasteiger partial charge is 0.254 e. The van der Waals surface area contributed by atoms with Crippen molar-refractivity contribution in [2.24, 2.45) is 0 Å². The summed E-state index contributed by atoms with van der Waals surface area (Å²) >= 11 is 0. The monoisotopic (exact) mass is 398 g/mol. The van der Waals surface area contributed by atoms with Crippen molar-refractivity contribution in [3.8, 4) is 5.75 Å². The first kappa shape index (κ1) is 18.4. The van der Waals surface area contributed by atoms with Crippen LogP contribution in [0.5, 0.6) is 5.75 Å². The number of carbonyl (C=O) groups is 2. The third-order valence-corrected chi connectivity index (χ3v) is 5.73. The topological polar surface area (TPSA) is 49.9 Å². The van der Waals surface area contributed by atoms with Gasteiger partial charge in [0.25, 0.3) is 5.91 Å². The Kier molecular flexibility index (Phi) is 4.71. The second-order valence-electron chi connectivity index (χ2n) is 7.69. The average Bonchev–Trinajstić information content (AvgIpc) is 3.22. The Bertz CT molecular complexity index is 1070. The number of hydrogen-bond donors (Lipinski definition) is 0. The lowest BCUT2D eigenvalue weighted by molar-refractivity contribution is -0.122. The lowest BCUT2D eigenvalue weighted by Gasteiger charge is -2.32. The van der Waals surface area contributed by atoms with Gasteiger partial charge in [0, 0.05) is 12.0 Å². The minimum absolute atomic E-state index is 0.0682. The molecule has 2 bridgehead atoms. The van der Waals surface area contributed by atoms with Crippen LogP contribution in [0, 0.1) is 0 Å². The molecule has 0 N–H and O–H groups in total. The van der Waals surface area contributed by atoms with Gasteiger partial charge in [-0.1, -0.05) is 60.7 Å². The van der Waals surface area contributed by atoms with Crippen LogP contribution in [-0.4, -0.2) is 35.4 Å². The van der Waals surface area contributed by atoms with Crippen LogP contribution in [0.4, 0.5) is 5.69 Å². The summed E-state index contributed by atoms with van der Waals surface area (Å²) in [6.45, 7) is 0.826.